The van der Waals surface area contributed by atoms with Gasteiger partial charge in [0.05, 0.1) is 11.6 Å². The molecule has 0 saturated carbocycles. The highest BCUT2D eigenvalue weighted by atomic mass is 32.1. The van der Waals surface area contributed by atoms with E-state index in [9.17, 15) is 9.59 Å². The van der Waals surface area contributed by atoms with Crippen molar-refractivity contribution >= 4 is 34.9 Å². The second-order valence-corrected chi connectivity index (χ2v) is 5.47. The summed E-state index contributed by atoms with van der Waals surface area (Å²) in [7, 11) is 0. The summed E-state index contributed by atoms with van der Waals surface area (Å²) in [5, 5.41) is 7.62. The number of carbonyl (C=O) groups is 2. The third-order valence-corrected chi connectivity index (χ3v) is 4.11. The maximum absolute atomic E-state index is 12.1. The summed E-state index contributed by atoms with van der Waals surface area (Å²) >= 11 is 2.84. The van der Waals surface area contributed by atoms with E-state index in [1.807, 2.05) is 17.5 Å². The number of ketones is 1. The number of rotatable bonds is 7. The van der Waals surface area contributed by atoms with E-state index >= 15 is 0 Å². The van der Waals surface area contributed by atoms with E-state index in [1.54, 1.807) is 16.7 Å². The predicted octanol–water partition coefficient (Wildman–Crippen LogP) is 2.47. The molecule has 0 aliphatic carbocycles. The van der Waals surface area contributed by atoms with Crippen LogP contribution in [0.2, 0.25) is 0 Å². The van der Waals surface area contributed by atoms with Gasteiger partial charge in [0.25, 0.3) is 0 Å². The van der Waals surface area contributed by atoms with Gasteiger partial charge < -0.3 is 4.79 Å². The van der Waals surface area contributed by atoms with Crippen molar-refractivity contribution in [3.05, 3.63) is 33.5 Å². The maximum atomic E-state index is 12.1. The van der Waals surface area contributed by atoms with E-state index in [1.165, 1.54) is 16.4 Å². The van der Waals surface area contributed by atoms with Crippen LogP contribution in [0.15, 0.2) is 22.9 Å². The Labute approximate surface area is 113 Å². The third kappa shape index (κ3) is 3.30. The van der Waals surface area contributed by atoms with Crippen molar-refractivity contribution in [3.8, 4) is 0 Å². The van der Waals surface area contributed by atoms with E-state index < -0.39 is 5.92 Å². The van der Waals surface area contributed by atoms with Crippen LogP contribution in [0.3, 0.4) is 0 Å². The summed E-state index contributed by atoms with van der Waals surface area (Å²) in [6.45, 7) is 0. The van der Waals surface area contributed by atoms with E-state index in [2.05, 4.69) is 9.59 Å². The van der Waals surface area contributed by atoms with Crippen molar-refractivity contribution in [1.29, 1.82) is 0 Å². The van der Waals surface area contributed by atoms with Crippen LogP contribution in [0.25, 0.3) is 0 Å². The number of Topliss-reactive ketones (excluding diaryl/α,β-unsaturated/α-hetero) is 1. The van der Waals surface area contributed by atoms with Crippen molar-refractivity contribution in [2.24, 2.45) is 0 Å². The summed E-state index contributed by atoms with van der Waals surface area (Å²) in [6, 6.07) is 3.98. The Hall–Kier alpha value is -1.40. The zero-order valence-electron chi connectivity index (χ0n) is 9.61. The third-order valence-electron chi connectivity index (χ3n) is 2.65. The van der Waals surface area contributed by atoms with Gasteiger partial charge in [0.15, 0.2) is 0 Å². The molecule has 0 radical (unpaired) electrons. The van der Waals surface area contributed by atoms with E-state index in [4.69, 9.17) is 0 Å². The van der Waals surface area contributed by atoms with Crippen LogP contribution in [0.5, 0.6) is 0 Å². The second kappa shape index (κ2) is 6.51. The first-order valence-corrected chi connectivity index (χ1v) is 7.28. The topological polar surface area (TPSA) is 59.9 Å². The van der Waals surface area contributed by atoms with Crippen molar-refractivity contribution < 1.29 is 9.59 Å². The zero-order chi connectivity index (χ0) is 12.8. The van der Waals surface area contributed by atoms with Gasteiger partial charge in [-0.1, -0.05) is 10.6 Å². The van der Waals surface area contributed by atoms with Crippen LogP contribution in [0.4, 0.5) is 0 Å². The molecular formula is C12H12N2O2S2. The quantitative estimate of drug-likeness (QED) is 0.731. The minimum atomic E-state index is -0.429. The lowest BCUT2D eigenvalue weighted by atomic mass is 9.94. The Morgan fingerprint density at radius 2 is 2.39 bits per heavy atom. The largest absolute Gasteiger partial charge is 0.303 e. The normalized spacial score (nSPS) is 12.2. The van der Waals surface area contributed by atoms with Crippen molar-refractivity contribution in [2.75, 3.05) is 0 Å². The second-order valence-electron chi connectivity index (χ2n) is 3.83. The average Bonchev–Trinajstić information content (AvgIpc) is 3.05. The van der Waals surface area contributed by atoms with Gasteiger partial charge in [-0.3, -0.25) is 4.79 Å². The van der Waals surface area contributed by atoms with E-state index in [0.29, 0.717) is 12.1 Å². The number of aryl methyl sites for hydroxylation is 1. The maximum Gasteiger partial charge on any atom is 0.142 e. The molecule has 4 nitrogen and oxygen atoms in total. The molecule has 0 saturated heterocycles. The lowest BCUT2D eigenvalue weighted by molar-refractivity contribution is -0.122. The smallest absolute Gasteiger partial charge is 0.142 e. The number of aromatic nitrogens is 2. The van der Waals surface area contributed by atoms with Gasteiger partial charge in [0.2, 0.25) is 0 Å². The first-order valence-electron chi connectivity index (χ1n) is 5.57. The van der Waals surface area contributed by atoms with Gasteiger partial charge in [-0.2, -0.15) is 0 Å². The summed E-state index contributed by atoms with van der Waals surface area (Å²) in [5.74, 6) is -0.371. The Bertz CT molecular complexity index is 494. The summed E-state index contributed by atoms with van der Waals surface area (Å²) < 4.78 is 3.74. The Morgan fingerprint density at radius 3 is 3.00 bits per heavy atom. The van der Waals surface area contributed by atoms with Crippen LogP contribution in [0, 0.1) is 0 Å². The van der Waals surface area contributed by atoms with Crippen LogP contribution < -0.4 is 0 Å². The zero-order valence-corrected chi connectivity index (χ0v) is 11.2. The molecule has 2 heterocycles. The molecule has 0 N–H and O–H groups in total. The molecule has 0 aliphatic heterocycles. The number of hydrogen-bond acceptors (Lipinski definition) is 6. The van der Waals surface area contributed by atoms with Gasteiger partial charge >= 0.3 is 0 Å². The molecule has 0 fully saturated rings. The molecule has 6 heteroatoms. The fourth-order valence-electron chi connectivity index (χ4n) is 1.71. The molecule has 0 bridgehead atoms. The molecule has 2 rings (SSSR count). The average molecular weight is 280 g/mol. The molecule has 2 aromatic heterocycles. The van der Waals surface area contributed by atoms with Crippen molar-refractivity contribution in [2.45, 2.75) is 25.2 Å². The molecule has 0 spiro atoms. The predicted molar refractivity (Wildman–Crippen MR) is 71.0 cm³/mol. The molecule has 1 atom stereocenters. The van der Waals surface area contributed by atoms with Gasteiger partial charge in [-0.15, -0.1) is 16.4 Å². The monoisotopic (exact) mass is 280 g/mol. The molecule has 0 aliphatic rings. The van der Waals surface area contributed by atoms with Crippen LogP contribution >= 0.6 is 22.9 Å². The standard InChI is InChI=1S/C12H12N2O2S2/c15-6-5-10(11-8-18-14-13-11)12(16)4-3-9-2-1-7-17-9/h1-2,6-8,10H,3-5H2. The summed E-state index contributed by atoms with van der Waals surface area (Å²) in [5.41, 5.74) is 0.614. The van der Waals surface area contributed by atoms with Crippen LogP contribution in [-0.4, -0.2) is 21.7 Å². The Kier molecular flexibility index (Phi) is 4.72. The SMILES string of the molecule is O=CCC(C(=O)CCc1cccs1)c1csnn1. The highest BCUT2D eigenvalue weighted by Crippen LogP contribution is 2.22. The lowest BCUT2D eigenvalue weighted by Gasteiger charge is -2.09. The van der Waals surface area contributed by atoms with E-state index in [-0.39, 0.29) is 12.2 Å². The number of nitrogens with zero attached hydrogens (tertiary/aromatic N) is 2. The molecule has 18 heavy (non-hydrogen) atoms. The lowest BCUT2D eigenvalue weighted by Crippen LogP contribution is -2.14. The van der Waals surface area contributed by atoms with Crippen molar-refractivity contribution in [1.82, 2.24) is 9.59 Å². The van der Waals surface area contributed by atoms with Gasteiger partial charge in [-0.05, 0) is 29.4 Å². The molecule has 94 valence electrons. The van der Waals surface area contributed by atoms with Crippen LogP contribution in [-0.2, 0) is 16.0 Å². The minimum absolute atomic E-state index is 0.0585. The summed E-state index contributed by atoms with van der Waals surface area (Å²) in [6.07, 6.45) is 2.13. The molecule has 1 unspecified atom stereocenters. The highest BCUT2D eigenvalue weighted by Gasteiger charge is 2.22. The first-order chi connectivity index (χ1) is 8.81. The first kappa shape index (κ1) is 13.0. The number of hydrogen-bond donors (Lipinski definition) is 0. The van der Waals surface area contributed by atoms with Gasteiger partial charge in [0, 0.05) is 23.1 Å². The Morgan fingerprint density at radius 1 is 1.50 bits per heavy atom. The number of thiophene rings is 1. The van der Waals surface area contributed by atoms with Crippen LogP contribution in [0.1, 0.15) is 29.3 Å². The number of aldehydes is 1. The number of carbonyl (C=O) groups excluding carboxylic acids is 2. The molecular weight excluding hydrogens is 268 g/mol. The Balaban J connectivity index is 1.98. The highest BCUT2D eigenvalue weighted by molar-refractivity contribution is 7.09. The van der Waals surface area contributed by atoms with Crippen molar-refractivity contribution in [3.63, 3.8) is 0 Å². The fraction of sp³-hybridized carbons (Fsp3) is 0.333. The van der Waals surface area contributed by atoms with E-state index in [0.717, 1.165) is 12.7 Å². The molecule has 0 amide bonds. The van der Waals surface area contributed by atoms with Gasteiger partial charge in [0.1, 0.15) is 12.1 Å². The summed E-state index contributed by atoms with van der Waals surface area (Å²) in [4.78, 5) is 23.9. The fourth-order valence-corrected chi connectivity index (χ4v) is 2.93. The molecule has 0 aromatic carbocycles. The molecule has 2 aromatic rings. The van der Waals surface area contributed by atoms with Gasteiger partial charge in [-0.25, -0.2) is 0 Å². The minimum Gasteiger partial charge on any atom is -0.303 e.